The molecule has 0 aliphatic carbocycles. The average Bonchev–Trinajstić information content (AvgIpc) is 2.54. The van der Waals surface area contributed by atoms with Crippen molar-refractivity contribution in [3.63, 3.8) is 0 Å². The van der Waals surface area contributed by atoms with Crippen molar-refractivity contribution in [3.8, 4) is 0 Å². The first-order valence-corrected chi connectivity index (χ1v) is 5.38. The molecule has 1 aromatic heterocycles. The average molecular weight is 228 g/mol. The molecule has 4 nitrogen and oxygen atoms in total. The van der Waals surface area contributed by atoms with Crippen LogP contribution in [0, 0.1) is 13.8 Å². The lowest BCUT2D eigenvalue weighted by Crippen LogP contribution is -1.99. The Hall–Kier alpha value is -1.28. The molecule has 0 amide bonds. The molecule has 0 fully saturated rings. The minimum atomic E-state index is -0.371. The van der Waals surface area contributed by atoms with Gasteiger partial charge in [0.2, 0.25) is 0 Å². The van der Waals surface area contributed by atoms with Gasteiger partial charge in [-0.3, -0.25) is 0 Å². The van der Waals surface area contributed by atoms with Crippen LogP contribution in [0.5, 0.6) is 0 Å². The van der Waals surface area contributed by atoms with E-state index in [9.17, 15) is 9.59 Å². The zero-order valence-electron chi connectivity index (χ0n) is 9.13. The molecule has 0 unspecified atom stereocenters. The Balaban J connectivity index is 3.24. The van der Waals surface area contributed by atoms with Gasteiger partial charge in [-0.05, 0) is 25.0 Å². The van der Waals surface area contributed by atoms with E-state index in [2.05, 4.69) is 9.47 Å². The Morgan fingerprint density at radius 1 is 0.933 bits per heavy atom. The van der Waals surface area contributed by atoms with Gasteiger partial charge in [-0.1, -0.05) is 0 Å². The van der Waals surface area contributed by atoms with E-state index in [1.54, 1.807) is 0 Å². The van der Waals surface area contributed by atoms with Crippen LogP contribution in [0.1, 0.15) is 31.3 Å². The summed E-state index contributed by atoms with van der Waals surface area (Å²) in [5.41, 5.74) is 1.64. The topological polar surface area (TPSA) is 52.6 Å². The summed E-state index contributed by atoms with van der Waals surface area (Å²) in [4.78, 5) is 22.7. The molecule has 1 aromatic rings. The maximum absolute atomic E-state index is 11.4. The van der Waals surface area contributed by atoms with Crippen molar-refractivity contribution in [2.24, 2.45) is 0 Å². The minimum absolute atomic E-state index is 0.0360. The zero-order chi connectivity index (χ0) is 11.6. The number of ether oxygens (including phenoxy) is 2. The molecule has 1 rings (SSSR count). The summed E-state index contributed by atoms with van der Waals surface area (Å²) >= 11 is 0. The molecular formula is C10H13O4P. The standard InChI is InChI=1S/C10H13O4P/c1-5-6(2)8(10(12)14-4)15-7(5)9(11)13-3/h15H,1-4H3. The predicted octanol–water partition coefficient (Wildman–Crippen LogP) is 1.91. The Bertz CT molecular complexity index is 369. The van der Waals surface area contributed by atoms with E-state index >= 15 is 0 Å². The first-order valence-electron chi connectivity index (χ1n) is 4.38. The van der Waals surface area contributed by atoms with E-state index in [0.717, 1.165) is 11.1 Å². The Morgan fingerprint density at radius 3 is 1.53 bits per heavy atom. The van der Waals surface area contributed by atoms with Gasteiger partial charge in [-0.25, -0.2) is 9.59 Å². The number of hydrogen-bond acceptors (Lipinski definition) is 4. The lowest BCUT2D eigenvalue weighted by Gasteiger charge is -1.97. The number of hydrogen-bond donors (Lipinski definition) is 0. The number of carbonyl (C=O) groups excluding carboxylic acids is 2. The smallest absolute Gasteiger partial charge is 0.341 e. The molecule has 0 bridgehead atoms. The normalized spacial score (nSPS) is 9.87. The summed E-state index contributed by atoms with van der Waals surface area (Å²) in [7, 11) is 2.70. The minimum Gasteiger partial charge on any atom is -0.465 e. The van der Waals surface area contributed by atoms with Gasteiger partial charge in [-0.2, -0.15) is 0 Å². The van der Waals surface area contributed by atoms with Crippen LogP contribution in [0.15, 0.2) is 0 Å². The van der Waals surface area contributed by atoms with Crippen LogP contribution in [0.25, 0.3) is 0 Å². The Kier molecular flexibility index (Phi) is 3.53. The van der Waals surface area contributed by atoms with Crippen LogP contribution in [-0.2, 0) is 9.47 Å². The fourth-order valence-electron chi connectivity index (χ4n) is 1.30. The third-order valence-corrected chi connectivity index (χ3v) is 4.00. The van der Waals surface area contributed by atoms with Crippen molar-refractivity contribution in [2.45, 2.75) is 13.8 Å². The first-order chi connectivity index (χ1) is 7.02. The lowest BCUT2D eigenvalue weighted by atomic mass is 10.1. The summed E-state index contributed by atoms with van der Waals surface area (Å²) in [5, 5.41) is 1.13. The molecule has 0 spiro atoms. The summed E-state index contributed by atoms with van der Waals surface area (Å²) in [5.74, 6) is -0.742. The molecule has 15 heavy (non-hydrogen) atoms. The van der Waals surface area contributed by atoms with Crippen molar-refractivity contribution < 1.29 is 19.1 Å². The zero-order valence-corrected chi connectivity index (χ0v) is 10.1. The number of rotatable bonds is 2. The monoisotopic (exact) mass is 228 g/mol. The van der Waals surface area contributed by atoms with E-state index in [1.807, 2.05) is 13.8 Å². The lowest BCUT2D eigenvalue weighted by molar-refractivity contribution is 0.0598. The SMILES string of the molecule is COC(=O)c1[pH]c(C(=O)OC)c(C)c1C. The van der Waals surface area contributed by atoms with E-state index in [0.29, 0.717) is 10.6 Å². The molecule has 0 aliphatic rings. The van der Waals surface area contributed by atoms with E-state index in [-0.39, 0.29) is 20.1 Å². The molecule has 0 saturated heterocycles. The second kappa shape index (κ2) is 4.49. The van der Waals surface area contributed by atoms with Gasteiger partial charge in [0.05, 0.1) is 24.8 Å². The highest BCUT2D eigenvalue weighted by molar-refractivity contribution is 7.35. The first kappa shape index (κ1) is 11.8. The Morgan fingerprint density at radius 2 is 1.27 bits per heavy atom. The van der Waals surface area contributed by atoms with Crippen molar-refractivity contribution in [1.82, 2.24) is 0 Å². The van der Waals surface area contributed by atoms with Crippen molar-refractivity contribution >= 4 is 20.1 Å². The molecular weight excluding hydrogens is 215 g/mol. The number of esters is 2. The van der Waals surface area contributed by atoms with Crippen molar-refractivity contribution in [2.75, 3.05) is 14.2 Å². The number of carbonyl (C=O) groups is 2. The third kappa shape index (κ3) is 2.05. The molecule has 0 aromatic carbocycles. The fourth-order valence-corrected chi connectivity index (χ4v) is 2.71. The molecule has 0 radical (unpaired) electrons. The van der Waals surface area contributed by atoms with Crippen LogP contribution in [0.2, 0.25) is 0 Å². The second-order valence-electron chi connectivity index (χ2n) is 3.11. The summed E-state index contributed by atoms with van der Waals surface area (Å²) in [6.45, 7) is 3.62. The fraction of sp³-hybridized carbons (Fsp3) is 0.400. The summed E-state index contributed by atoms with van der Waals surface area (Å²) in [6, 6.07) is 0. The van der Waals surface area contributed by atoms with Gasteiger partial charge in [0, 0.05) is 0 Å². The van der Waals surface area contributed by atoms with Crippen molar-refractivity contribution in [3.05, 3.63) is 21.7 Å². The highest BCUT2D eigenvalue weighted by Gasteiger charge is 2.20. The van der Waals surface area contributed by atoms with E-state index in [4.69, 9.17) is 0 Å². The maximum Gasteiger partial charge on any atom is 0.341 e. The van der Waals surface area contributed by atoms with Gasteiger partial charge < -0.3 is 9.47 Å². The van der Waals surface area contributed by atoms with E-state index in [1.165, 1.54) is 14.2 Å². The highest BCUT2D eigenvalue weighted by atomic mass is 31.0. The van der Waals surface area contributed by atoms with Crippen LogP contribution >= 0.6 is 8.19 Å². The van der Waals surface area contributed by atoms with Crippen molar-refractivity contribution in [1.29, 1.82) is 0 Å². The largest absolute Gasteiger partial charge is 0.465 e. The molecule has 1 heterocycles. The van der Waals surface area contributed by atoms with Crippen LogP contribution in [0.3, 0.4) is 0 Å². The van der Waals surface area contributed by atoms with Gasteiger partial charge in [0.15, 0.2) is 0 Å². The molecule has 0 saturated carbocycles. The van der Waals surface area contributed by atoms with Crippen LogP contribution < -0.4 is 0 Å². The number of methoxy groups -OCH3 is 2. The summed E-state index contributed by atoms with van der Waals surface area (Å²) < 4.78 is 9.29. The summed E-state index contributed by atoms with van der Waals surface area (Å²) in [6.07, 6.45) is 0. The predicted molar refractivity (Wildman–Crippen MR) is 58.1 cm³/mol. The van der Waals surface area contributed by atoms with Crippen LogP contribution in [-0.4, -0.2) is 26.2 Å². The maximum atomic E-state index is 11.4. The van der Waals surface area contributed by atoms with E-state index < -0.39 is 0 Å². The van der Waals surface area contributed by atoms with Crippen LogP contribution in [0.4, 0.5) is 0 Å². The van der Waals surface area contributed by atoms with Gasteiger partial charge in [-0.15, -0.1) is 8.19 Å². The Labute approximate surface area is 89.7 Å². The van der Waals surface area contributed by atoms with Gasteiger partial charge in [0.1, 0.15) is 0 Å². The molecule has 5 heteroatoms. The van der Waals surface area contributed by atoms with Gasteiger partial charge >= 0.3 is 11.9 Å². The molecule has 0 N–H and O–H groups in total. The highest BCUT2D eigenvalue weighted by Crippen LogP contribution is 2.32. The quantitative estimate of drug-likeness (QED) is 0.725. The molecule has 0 aliphatic heterocycles. The third-order valence-electron chi connectivity index (χ3n) is 2.34. The molecule has 0 atom stereocenters. The second-order valence-corrected chi connectivity index (χ2v) is 4.36. The van der Waals surface area contributed by atoms with Gasteiger partial charge in [0.25, 0.3) is 0 Å². The molecule has 82 valence electrons.